The van der Waals surface area contributed by atoms with Gasteiger partial charge in [-0.1, -0.05) is 12.1 Å². The zero-order valence-electron chi connectivity index (χ0n) is 14.0. The summed E-state index contributed by atoms with van der Waals surface area (Å²) in [6.45, 7) is 0.965. The van der Waals surface area contributed by atoms with E-state index in [2.05, 4.69) is 4.98 Å². The SMILES string of the molecule is Cn1cnc(S(=O)(=O)N2CCC[C@H](Cc3ccc(C(=O)O)cc3)C2)c1. The van der Waals surface area contributed by atoms with E-state index in [1.807, 2.05) is 0 Å². The number of carboxylic acid groups (broad SMARTS) is 1. The molecule has 2 heterocycles. The number of benzene rings is 1. The maximum absolute atomic E-state index is 12.7. The van der Waals surface area contributed by atoms with Crippen molar-refractivity contribution in [1.82, 2.24) is 13.9 Å². The summed E-state index contributed by atoms with van der Waals surface area (Å²) >= 11 is 0. The first kappa shape index (κ1) is 17.6. The quantitative estimate of drug-likeness (QED) is 0.874. The minimum absolute atomic E-state index is 0.0847. The normalized spacial score (nSPS) is 19.0. The van der Waals surface area contributed by atoms with E-state index in [4.69, 9.17) is 5.11 Å². The number of nitrogens with zero attached hydrogens (tertiary/aromatic N) is 3. The van der Waals surface area contributed by atoms with Crippen molar-refractivity contribution in [3.63, 3.8) is 0 Å². The highest BCUT2D eigenvalue weighted by molar-refractivity contribution is 7.89. The molecule has 0 bridgehead atoms. The van der Waals surface area contributed by atoms with Crippen molar-refractivity contribution in [1.29, 1.82) is 0 Å². The highest BCUT2D eigenvalue weighted by atomic mass is 32.2. The van der Waals surface area contributed by atoms with E-state index in [1.54, 1.807) is 35.9 Å². The molecule has 0 unspecified atom stereocenters. The Hall–Kier alpha value is -2.19. The van der Waals surface area contributed by atoms with Crippen LogP contribution < -0.4 is 0 Å². The smallest absolute Gasteiger partial charge is 0.335 e. The third-order valence-corrected chi connectivity index (χ3v) is 6.24. The lowest BCUT2D eigenvalue weighted by Gasteiger charge is -2.31. The number of carbonyl (C=O) groups is 1. The number of aromatic nitrogens is 2. The first-order valence-corrected chi connectivity index (χ1v) is 9.60. The minimum atomic E-state index is -3.56. The van der Waals surface area contributed by atoms with Crippen molar-refractivity contribution in [2.24, 2.45) is 13.0 Å². The lowest BCUT2D eigenvalue weighted by molar-refractivity contribution is 0.0697. The maximum Gasteiger partial charge on any atom is 0.335 e. The second-order valence-electron chi connectivity index (χ2n) is 6.45. The number of sulfonamides is 1. The first-order valence-electron chi connectivity index (χ1n) is 8.16. The van der Waals surface area contributed by atoms with Crippen molar-refractivity contribution in [3.8, 4) is 0 Å². The van der Waals surface area contributed by atoms with Gasteiger partial charge in [-0.3, -0.25) is 0 Å². The van der Waals surface area contributed by atoms with Gasteiger partial charge in [0.15, 0.2) is 5.03 Å². The molecule has 1 N–H and O–H groups in total. The number of aromatic carboxylic acids is 1. The van der Waals surface area contributed by atoms with Gasteiger partial charge in [0.25, 0.3) is 10.0 Å². The average molecular weight is 363 g/mol. The molecule has 0 amide bonds. The number of carboxylic acids is 1. The standard InChI is InChI=1S/C17H21N3O4S/c1-19-11-16(18-12-19)25(23,24)20-8-2-3-14(10-20)9-13-4-6-15(7-5-13)17(21)22/h4-7,11-12,14H,2-3,8-10H2,1H3,(H,21,22)/t14-/m1/s1. The number of aryl methyl sites for hydroxylation is 1. The fourth-order valence-corrected chi connectivity index (χ4v) is 4.70. The fraction of sp³-hybridized carbons (Fsp3) is 0.412. The fourth-order valence-electron chi connectivity index (χ4n) is 3.18. The molecule has 0 spiro atoms. The topological polar surface area (TPSA) is 92.5 Å². The molecule has 3 rings (SSSR count). The summed E-state index contributed by atoms with van der Waals surface area (Å²) in [7, 11) is -1.82. The Morgan fingerprint density at radius 3 is 2.64 bits per heavy atom. The van der Waals surface area contributed by atoms with Crippen molar-refractivity contribution in [2.45, 2.75) is 24.3 Å². The zero-order valence-corrected chi connectivity index (χ0v) is 14.8. The molecule has 2 aromatic rings. The number of rotatable bonds is 5. The van der Waals surface area contributed by atoms with Crippen LogP contribution in [0.5, 0.6) is 0 Å². The molecule has 25 heavy (non-hydrogen) atoms. The van der Waals surface area contributed by atoms with Crippen molar-refractivity contribution >= 4 is 16.0 Å². The van der Waals surface area contributed by atoms with Gasteiger partial charge in [-0.05, 0) is 42.9 Å². The van der Waals surface area contributed by atoms with E-state index >= 15 is 0 Å². The summed E-state index contributed by atoms with van der Waals surface area (Å²) in [5, 5.41) is 9.04. The van der Waals surface area contributed by atoms with Crippen LogP contribution in [0.25, 0.3) is 0 Å². The van der Waals surface area contributed by atoms with E-state index in [-0.39, 0.29) is 16.5 Å². The van der Waals surface area contributed by atoms with Gasteiger partial charge in [0.2, 0.25) is 0 Å². The summed E-state index contributed by atoms with van der Waals surface area (Å²) in [6.07, 6.45) is 5.49. The van der Waals surface area contributed by atoms with Gasteiger partial charge in [0.05, 0.1) is 11.9 Å². The number of piperidine rings is 1. The molecule has 1 aromatic heterocycles. The predicted molar refractivity (Wildman–Crippen MR) is 91.8 cm³/mol. The Kier molecular flexibility index (Phi) is 4.91. The second kappa shape index (κ2) is 6.97. The summed E-state index contributed by atoms with van der Waals surface area (Å²) in [5.41, 5.74) is 1.28. The molecule has 1 aliphatic heterocycles. The summed E-state index contributed by atoms with van der Waals surface area (Å²) in [4.78, 5) is 14.9. The molecule has 1 fully saturated rings. The van der Waals surface area contributed by atoms with E-state index in [0.29, 0.717) is 13.1 Å². The van der Waals surface area contributed by atoms with Gasteiger partial charge in [-0.25, -0.2) is 18.2 Å². The van der Waals surface area contributed by atoms with Crippen molar-refractivity contribution in [2.75, 3.05) is 13.1 Å². The number of hydrogen-bond acceptors (Lipinski definition) is 4. The average Bonchev–Trinajstić information content (AvgIpc) is 3.03. The van der Waals surface area contributed by atoms with Crippen molar-refractivity contribution < 1.29 is 18.3 Å². The Labute approximate surface area is 147 Å². The molecule has 1 aliphatic rings. The van der Waals surface area contributed by atoms with Gasteiger partial charge >= 0.3 is 5.97 Å². The Morgan fingerprint density at radius 2 is 2.04 bits per heavy atom. The highest BCUT2D eigenvalue weighted by Gasteiger charge is 2.31. The molecular weight excluding hydrogens is 342 g/mol. The Bertz CT molecular complexity index is 858. The third kappa shape index (κ3) is 3.91. The van der Waals surface area contributed by atoms with E-state index in [0.717, 1.165) is 24.8 Å². The number of hydrogen-bond donors (Lipinski definition) is 1. The molecule has 134 valence electrons. The van der Waals surface area contributed by atoms with Crippen LogP contribution in [0.1, 0.15) is 28.8 Å². The van der Waals surface area contributed by atoms with E-state index in [9.17, 15) is 13.2 Å². The molecule has 0 radical (unpaired) electrons. The molecule has 1 atom stereocenters. The largest absolute Gasteiger partial charge is 0.478 e. The van der Waals surface area contributed by atoms with Gasteiger partial charge in [-0.15, -0.1) is 0 Å². The lowest BCUT2D eigenvalue weighted by Crippen LogP contribution is -2.40. The Morgan fingerprint density at radius 1 is 1.32 bits per heavy atom. The first-order chi connectivity index (χ1) is 11.9. The Balaban J connectivity index is 1.69. The van der Waals surface area contributed by atoms with Crippen LogP contribution in [0.4, 0.5) is 0 Å². The molecule has 0 saturated carbocycles. The minimum Gasteiger partial charge on any atom is -0.478 e. The van der Waals surface area contributed by atoms with E-state index in [1.165, 1.54) is 16.8 Å². The highest BCUT2D eigenvalue weighted by Crippen LogP contribution is 2.25. The van der Waals surface area contributed by atoms with E-state index < -0.39 is 16.0 Å². The molecular formula is C17H21N3O4S. The summed E-state index contributed by atoms with van der Waals surface area (Å²) < 4.78 is 28.5. The van der Waals surface area contributed by atoms with Gasteiger partial charge in [0.1, 0.15) is 0 Å². The van der Waals surface area contributed by atoms with Crippen molar-refractivity contribution in [3.05, 3.63) is 47.9 Å². The maximum atomic E-state index is 12.7. The molecule has 1 aromatic carbocycles. The zero-order chi connectivity index (χ0) is 18.0. The molecule has 0 aliphatic carbocycles. The van der Waals surface area contributed by atoms with Crippen LogP contribution in [-0.2, 0) is 23.5 Å². The van der Waals surface area contributed by atoms with Crippen LogP contribution in [0, 0.1) is 5.92 Å². The third-order valence-electron chi connectivity index (χ3n) is 4.49. The summed E-state index contributed by atoms with van der Waals surface area (Å²) in [6, 6.07) is 6.77. The summed E-state index contributed by atoms with van der Waals surface area (Å²) in [5.74, 6) is -0.736. The van der Waals surface area contributed by atoms with Crippen LogP contribution in [-0.4, -0.2) is 46.4 Å². The van der Waals surface area contributed by atoms with Gasteiger partial charge < -0.3 is 9.67 Å². The monoisotopic (exact) mass is 363 g/mol. The lowest BCUT2D eigenvalue weighted by atomic mass is 9.92. The van der Waals surface area contributed by atoms with Gasteiger partial charge in [0, 0.05) is 26.3 Å². The molecule has 1 saturated heterocycles. The molecule has 7 nitrogen and oxygen atoms in total. The molecule has 8 heteroatoms. The second-order valence-corrected chi connectivity index (χ2v) is 8.34. The van der Waals surface area contributed by atoms with Crippen LogP contribution in [0.3, 0.4) is 0 Å². The van der Waals surface area contributed by atoms with Crippen LogP contribution in [0.15, 0.2) is 41.8 Å². The predicted octanol–water partition coefficient (Wildman–Crippen LogP) is 1.76. The van der Waals surface area contributed by atoms with Crippen LogP contribution >= 0.6 is 0 Å². The number of imidazole rings is 1. The van der Waals surface area contributed by atoms with Gasteiger partial charge in [-0.2, -0.15) is 4.31 Å². The van der Waals surface area contributed by atoms with Crippen LogP contribution in [0.2, 0.25) is 0 Å².